The van der Waals surface area contributed by atoms with Crippen molar-refractivity contribution in [2.45, 2.75) is 24.0 Å². The number of nitrogens with zero attached hydrogens (tertiary/aromatic N) is 1. The van der Waals surface area contributed by atoms with E-state index in [0.29, 0.717) is 0 Å². The first-order valence-corrected chi connectivity index (χ1v) is 7.28. The Morgan fingerprint density at radius 1 is 1.39 bits per heavy atom. The van der Waals surface area contributed by atoms with Crippen molar-refractivity contribution in [3.63, 3.8) is 0 Å². The largest absolute Gasteiger partial charge is 0.481 e. The maximum Gasteiger partial charge on any atom is 0.307 e. The van der Waals surface area contributed by atoms with Crippen molar-refractivity contribution in [3.05, 3.63) is 45.9 Å². The van der Waals surface area contributed by atoms with Gasteiger partial charge in [0.1, 0.15) is 0 Å². The molecule has 94 valence electrons. The van der Waals surface area contributed by atoms with Crippen LogP contribution >= 0.6 is 23.1 Å². The summed E-state index contributed by atoms with van der Waals surface area (Å²) in [7, 11) is 0. The molecule has 1 aromatic heterocycles. The minimum atomic E-state index is -0.796. The highest BCUT2D eigenvalue weighted by Crippen LogP contribution is 2.25. The van der Waals surface area contributed by atoms with Gasteiger partial charge in [-0.3, -0.25) is 4.79 Å². The van der Waals surface area contributed by atoms with Crippen molar-refractivity contribution in [2.75, 3.05) is 0 Å². The third-order valence-corrected chi connectivity index (χ3v) is 4.49. The molecule has 0 atom stereocenters. The quantitative estimate of drug-likeness (QED) is 0.853. The van der Waals surface area contributed by atoms with Gasteiger partial charge in [-0.1, -0.05) is 12.1 Å². The molecule has 0 amide bonds. The van der Waals surface area contributed by atoms with Gasteiger partial charge in [0.25, 0.3) is 0 Å². The first-order valence-electron chi connectivity index (χ1n) is 5.48. The van der Waals surface area contributed by atoms with Crippen molar-refractivity contribution in [3.8, 4) is 0 Å². The molecule has 0 fully saturated rings. The van der Waals surface area contributed by atoms with Gasteiger partial charge in [-0.05, 0) is 24.6 Å². The number of aryl methyl sites for hydroxylation is 1. The van der Waals surface area contributed by atoms with Crippen LogP contribution in [0.5, 0.6) is 0 Å². The number of hydrogen-bond acceptors (Lipinski definition) is 4. The Hall–Kier alpha value is -1.33. The predicted octanol–water partition coefficient (Wildman–Crippen LogP) is 3.37. The molecule has 2 rings (SSSR count). The minimum absolute atomic E-state index is 0.0823. The van der Waals surface area contributed by atoms with Gasteiger partial charge in [0.2, 0.25) is 0 Å². The minimum Gasteiger partial charge on any atom is -0.481 e. The Bertz CT molecular complexity index is 534. The van der Waals surface area contributed by atoms with Crippen molar-refractivity contribution < 1.29 is 9.90 Å². The van der Waals surface area contributed by atoms with Crippen LogP contribution in [0, 0.1) is 6.92 Å². The smallest absolute Gasteiger partial charge is 0.307 e. The number of thioether (sulfide) groups is 1. The fourth-order valence-corrected chi connectivity index (χ4v) is 3.22. The lowest BCUT2D eigenvalue weighted by Gasteiger charge is -2.01. The van der Waals surface area contributed by atoms with Crippen LogP contribution in [-0.2, 0) is 17.0 Å². The van der Waals surface area contributed by atoms with Crippen LogP contribution in [0.25, 0.3) is 0 Å². The van der Waals surface area contributed by atoms with Gasteiger partial charge in [-0.15, -0.1) is 23.1 Å². The highest BCUT2D eigenvalue weighted by molar-refractivity contribution is 7.98. The molecule has 0 unspecified atom stereocenters. The van der Waals surface area contributed by atoms with E-state index in [9.17, 15) is 4.79 Å². The molecule has 1 N–H and O–H groups in total. The molecule has 1 heterocycles. The number of aliphatic carboxylic acids is 1. The molecule has 0 aliphatic rings. The van der Waals surface area contributed by atoms with E-state index in [4.69, 9.17) is 5.11 Å². The molecule has 3 nitrogen and oxygen atoms in total. The fraction of sp³-hybridized carbons (Fsp3) is 0.231. The lowest BCUT2D eigenvalue weighted by atomic mass is 10.2. The monoisotopic (exact) mass is 279 g/mol. The standard InChI is InChI=1S/C13H13NO2S2/c1-9-14-7-12(18-9)8-17-11-4-2-10(3-5-11)6-13(15)16/h2-5,7H,6,8H2,1H3,(H,15,16). The molecule has 0 radical (unpaired) electrons. The van der Waals surface area contributed by atoms with Gasteiger partial charge >= 0.3 is 5.97 Å². The molecule has 0 saturated carbocycles. The summed E-state index contributed by atoms with van der Waals surface area (Å²) in [4.78, 5) is 17.2. The normalized spacial score (nSPS) is 10.5. The van der Waals surface area contributed by atoms with Crippen molar-refractivity contribution in [2.24, 2.45) is 0 Å². The zero-order valence-corrected chi connectivity index (χ0v) is 11.6. The van der Waals surface area contributed by atoms with Crippen molar-refractivity contribution in [1.82, 2.24) is 4.98 Å². The van der Waals surface area contributed by atoms with Gasteiger partial charge in [0.05, 0.1) is 11.4 Å². The highest BCUT2D eigenvalue weighted by atomic mass is 32.2. The lowest BCUT2D eigenvalue weighted by Crippen LogP contribution is -1.99. The van der Waals surface area contributed by atoms with Crippen LogP contribution < -0.4 is 0 Å². The summed E-state index contributed by atoms with van der Waals surface area (Å²) in [6.07, 6.45) is 1.99. The zero-order chi connectivity index (χ0) is 13.0. The van der Waals surface area contributed by atoms with Crippen LogP contribution in [0.1, 0.15) is 15.4 Å². The van der Waals surface area contributed by atoms with Crippen LogP contribution in [0.4, 0.5) is 0 Å². The fourth-order valence-electron chi connectivity index (χ4n) is 1.50. The van der Waals surface area contributed by atoms with Crippen molar-refractivity contribution >= 4 is 29.1 Å². The number of benzene rings is 1. The average Bonchev–Trinajstić information content (AvgIpc) is 2.74. The Morgan fingerprint density at radius 3 is 2.67 bits per heavy atom. The number of rotatable bonds is 5. The summed E-state index contributed by atoms with van der Waals surface area (Å²) in [5.74, 6) is 0.111. The van der Waals surface area contributed by atoms with Gasteiger partial charge in [-0.2, -0.15) is 0 Å². The number of aromatic nitrogens is 1. The summed E-state index contributed by atoms with van der Waals surface area (Å²) in [5.41, 5.74) is 0.834. The maximum absolute atomic E-state index is 10.6. The molecule has 0 bridgehead atoms. The van der Waals surface area contributed by atoms with E-state index in [0.717, 1.165) is 21.2 Å². The number of thiazole rings is 1. The van der Waals surface area contributed by atoms with Gasteiger partial charge in [0, 0.05) is 21.7 Å². The highest BCUT2D eigenvalue weighted by Gasteiger charge is 2.02. The molecule has 0 aliphatic heterocycles. The molecule has 18 heavy (non-hydrogen) atoms. The Balaban J connectivity index is 1.92. The van der Waals surface area contributed by atoms with E-state index in [1.165, 1.54) is 4.88 Å². The van der Waals surface area contributed by atoms with Crippen LogP contribution in [0.2, 0.25) is 0 Å². The molecule has 5 heteroatoms. The number of carbonyl (C=O) groups is 1. The Morgan fingerprint density at radius 2 is 2.11 bits per heavy atom. The molecule has 0 aliphatic carbocycles. The first kappa shape index (κ1) is 13.1. The topological polar surface area (TPSA) is 50.2 Å². The van der Waals surface area contributed by atoms with Crippen LogP contribution in [0.15, 0.2) is 35.4 Å². The number of carboxylic acids is 1. The third kappa shape index (κ3) is 3.85. The zero-order valence-electron chi connectivity index (χ0n) is 9.92. The summed E-state index contributed by atoms with van der Waals surface area (Å²) in [5, 5.41) is 9.77. The summed E-state index contributed by atoms with van der Waals surface area (Å²) >= 11 is 3.45. The molecular formula is C13H13NO2S2. The number of hydrogen-bond donors (Lipinski definition) is 1. The third-order valence-electron chi connectivity index (χ3n) is 2.33. The van der Waals surface area contributed by atoms with E-state index in [1.54, 1.807) is 23.1 Å². The summed E-state index contributed by atoms with van der Waals surface area (Å²) in [6, 6.07) is 7.68. The molecule has 1 aromatic carbocycles. The van der Waals surface area contributed by atoms with E-state index < -0.39 is 5.97 Å². The molecule has 2 aromatic rings. The van der Waals surface area contributed by atoms with Gasteiger partial charge in [0.15, 0.2) is 0 Å². The SMILES string of the molecule is Cc1ncc(CSc2ccc(CC(=O)O)cc2)s1. The van der Waals surface area contributed by atoms with Crippen LogP contribution in [-0.4, -0.2) is 16.1 Å². The van der Waals surface area contributed by atoms with Crippen LogP contribution in [0.3, 0.4) is 0 Å². The van der Waals surface area contributed by atoms with Gasteiger partial charge in [-0.25, -0.2) is 4.98 Å². The number of carboxylic acid groups (broad SMARTS) is 1. The van der Waals surface area contributed by atoms with E-state index in [2.05, 4.69) is 4.98 Å². The predicted molar refractivity (Wildman–Crippen MR) is 74.2 cm³/mol. The van der Waals surface area contributed by atoms with E-state index >= 15 is 0 Å². The molecular weight excluding hydrogens is 266 g/mol. The Labute approximate surface area is 114 Å². The van der Waals surface area contributed by atoms with Crippen molar-refractivity contribution in [1.29, 1.82) is 0 Å². The molecule has 0 spiro atoms. The first-order chi connectivity index (χ1) is 8.63. The van der Waals surface area contributed by atoms with Gasteiger partial charge < -0.3 is 5.11 Å². The second kappa shape index (κ2) is 6.02. The second-order valence-corrected chi connectivity index (χ2v) is 6.22. The Kier molecular flexibility index (Phi) is 4.38. The molecule has 0 saturated heterocycles. The lowest BCUT2D eigenvalue weighted by molar-refractivity contribution is -0.136. The maximum atomic E-state index is 10.6. The second-order valence-electron chi connectivity index (χ2n) is 3.85. The summed E-state index contributed by atoms with van der Waals surface area (Å²) in [6.45, 7) is 2.00. The van der Waals surface area contributed by atoms with E-state index in [-0.39, 0.29) is 6.42 Å². The average molecular weight is 279 g/mol. The summed E-state index contributed by atoms with van der Waals surface area (Å²) < 4.78 is 0. The van der Waals surface area contributed by atoms with E-state index in [1.807, 2.05) is 37.4 Å².